The summed E-state index contributed by atoms with van der Waals surface area (Å²) < 4.78 is 0. The van der Waals surface area contributed by atoms with Crippen LogP contribution in [0.2, 0.25) is 0 Å². The quantitative estimate of drug-likeness (QED) is 0.674. The standard InChI is InChI=1S/C25H26N4O2/c30-24(21-10-7-13-26-19-21)27-23(18-20-8-3-1-4-9-20)25(31)29-16-14-28(15-17-29)22-11-5-2-6-12-22/h1-13,19,23H,14-18H2,(H,27,30)/t23-/m1/s1. The molecule has 2 amide bonds. The number of carbonyl (C=O) groups is 2. The van der Waals surface area contributed by atoms with Gasteiger partial charge in [-0.15, -0.1) is 0 Å². The summed E-state index contributed by atoms with van der Waals surface area (Å²) in [5.74, 6) is -0.334. The van der Waals surface area contributed by atoms with Gasteiger partial charge in [0.2, 0.25) is 5.91 Å². The monoisotopic (exact) mass is 414 g/mol. The van der Waals surface area contributed by atoms with Crippen LogP contribution in [0.15, 0.2) is 85.2 Å². The summed E-state index contributed by atoms with van der Waals surface area (Å²) in [5, 5.41) is 2.94. The molecule has 3 aromatic rings. The second-order valence-electron chi connectivity index (χ2n) is 7.61. The number of hydrogen-bond acceptors (Lipinski definition) is 4. The highest BCUT2D eigenvalue weighted by atomic mass is 16.2. The normalized spacial score (nSPS) is 14.7. The molecule has 1 aromatic heterocycles. The summed E-state index contributed by atoms with van der Waals surface area (Å²) in [6, 6.07) is 22.8. The van der Waals surface area contributed by atoms with Gasteiger partial charge < -0.3 is 15.1 Å². The van der Waals surface area contributed by atoms with E-state index in [1.165, 1.54) is 11.9 Å². The lowest BCUT2D eigenvalue weighted by atomic mass is 10.0. The van der Waals surface area contributed by atoms with Crippen molar-refractivity contribution in [2.45, 2.75) is 12.5 Å². The fraction of sp³-hybridized carbons (Fsp3) is 0.240. The van der Waals surface area contributed by atoms with Crippen LogP contribution in [-0.4, -0.2) is 53.9 Å². The Kier molecular flexibility index (Phi) is 6.57. The van der Waals surface area contributed by atoms with Crippen molar-refractivity contribution in [1.82, 2.24) is 15.2 Å². The van der Waals surface area contributed by atoms with Crippen molar-refractivity contribution in [3.8, 4) is 0 Å². The van der Waals surface area contributed by atoms with E-state index in [1.54, 1.807) is 18.3 Å². The number of nitrogens with zero attached hydrogens (tertiary/aromatic N) is 3. The van der Waals surface area contributed by atoms with Gasteiger partial charge in [0.1, 0.15) is 6.04 Å². The highest BCUT2D eigenvalue weighted by molar-refractivity contribution is 5.97. The van der Waals surface area contributed by atoms with E-state index in [2.05, 4.69) is 27.3 Å². The third kappa shape index (κ3) is 5.28. The molecule has 1 atom stereocenters. The largest absolute Gasteiger partial charge is 0.368 e. The summed E-state index contributed by atoms with van der Waals surface area (Å²) >= 11 is 0. The van der Waals surface area contributed by atoms with Crippen LogP contribution in [0.1, 0.15) is 15.9 Å². The predicted octanol–water partition coefficient (Wildman–Crippen LogP) is 2.77. The molecule has 4 rings (SSSR count). The molecule has 1 fully saturated rings. The minimum absolute atomic E-state index is 0.0474. The van der Waals surface area contributed by atoms with E-state index >= 15 is 0 Å². The van der Waals surface area contributed by atoms with Crippen LogP contribution in [0.3, 0.4) is 0 Å². The SMILES string of the molecule is O=C(N[C@H](Cc1ccccc1)C(=O)N1CCN(c2ccccc2)CC1)c1cccnc1. The molecular formula is C25H26N4O2. The smallest absolute Gasteiger partial charge is 0.253 e. The first-order valence-corrected chi connectivity index (χ1v) is 10.5. The molecule has 2 heterocycles. The van der Waals surface area contributed by atoms with Gasteiger partial charge in [0, 0.05) is 50.7 Å². The first kappa shape index (κ1) is 20.6. The van der Waals surface area contributed by atoms with E-state index in [1.807, 2.05) is 53.4 Å². The van der Waals surface area contributed by atoms with E-state index in [0.717, 1.165) is 18.7 Å². The Bertz CT molecular complexity index is 988. The summed E-state index contributed by atoms with van der Waals surface area (Å²) in [5.41, 5.74) is 2.62. The molecule has 0 spiro atoms. The van der Waals surface area contributed by atoms with Gasteiger partial charge in [-0.05, 0) is 29.8 Å². The molecule has 0 saturated carbocycles. The third-order valence-corrected chi connectivity index (χ3v) is 5.52. The maximum absolute atomic E-state index is 13.4. The zero-order chi connectivity index (χ0) is 21.5. The number of rotatable bonds is 6. The van der Waals surface area contributed by atoms with Crippen LogP contribution < -0.4 is 10.2 Å². The van der Waals surface area contributed by atoms with Crippen molar-refractivity contribution in [1.29, 1.82) is 0 Å². The molecule has 1 aliphatic rings. The van der Waals surface area contributed by atoms with Gasteiger partial charge in [-0.1, -0.05) is 48.5 Å². The molecule has 31 heavy (non-hydrogen) atoms. The number of aromatic nitrogens is 1. The van der Waals surface area contributed by atoms with Gasteiger partial charge >= 0.3 is 0 Å². The van der Waals surface area contributed by atoms with Crippen molar-refractivity contribution in [2.24, 2.45) is 0 Å². The molecule has 1 N–H and O–H groups in total. The van der Waals surface area contributed by atoms with Crippen molar-refractivity contribution in [3.63, 3.8) is 0 Å². The number of anilines is 1. The van der Waals surface area contributed by atoms with Crippen LogP contribution in [0.5, 0.6) is 0 Å². The van der Waals surface area contributed by atoms with E-state index in [9.17, 15) is 9.59 Å². The zero-order valence-corrected chi connectivity index (χ0v) is 17.4. The van der Waals surface area contributed by atoms with Crippen molar-refractivity contribution in [2.75, 3.05) is 31.1 Å². The first-order valence-electron chi connectivity index (χ1n) is 10.5. The summed E-state index contributed by atoms with van der Waals surface area (Å²) in [6.45, 7) is 2.79. The second-order valence-corrected chi connectivity index (χ2v) is 7.61. The molecular weight excluding hydrogens is 388 g/mol. The third-order valence-electron chi connectivity index (χ3n) is 5.52. The fourth-order valence-corrected chi connectivity index (χ4v) is 3.83. The molecule has 0 radical (unpaired) electrons. The van der Waals surface area contributed by atoms with Gasteiger partial charge in [0.25, 0.3) is 5.91 Å². The Morgan fingerprint density at radius 1 is 0.871 bits per heavy atom. The number of para-hydroxylation sites is 1. The molecule has 6 heteroatoms. The molecule has 0 bridgehead atoms. The summed E-state index contributed by atoms with van der Waals surface area (Å²) in [7, 11) is 0. The lowest BCUT2D eigenvalue weighted by molar-refractivity contribution is -0.133. The van der Waals surface area contributed by atoms with Crippen molar-refractivity contribution >= 4 is 17.5 Å². The van der Waals surface area contributed by atoms with E-state index in [-0.39, 0.29) is 11.8 Å². The highest BCUT2D eigenvalue weighted by Crippen LogP contribution is 2.17. The van der Waals surface area contributed by atoms with Gasteiger partial charge in [-0.2, -0.15) is 0 Å². The number of nitrogens with one attached hydrogen (secondary N) is 1. The van der Waals surface area contributed by atoms with Crippen LogP contribution in [0.4, 0.5) is 5.69 Å². The average Bonchev–Trinajstić information content (AvgIpc) is 2.85. The van der Waals surface area contributed by atoms with Gasteiger partial charge in [-0.3, -0.25) is 14.6 Å². The second kappa shape index (κ2) is 9.89. The molecule has 2 aromatic carbocycles. The molecule has 1 aliphatic heterocycles. The Morgan fingerprint density at radius 2 is 1.55 bits per heavy atom. The summed E-state index contributed by atoms with van der Waals surface area (Å²) in [4.78, 5) is 34.3. The van der Waals surface area contributed by atoms with Crippen LogP contribution in [0, 0.1) is 0 Å². The maximum atomic E-state index is 13.4. The fourth-order valence-electron chi connectivity index (χ4n) is 3.83. The van der Waals surface area contributed by atoms with Gasteiger partial charge in [0.15, 0.2) is 0 Å². The first-order chi connectivity index (χ1) is 15.2. The number of benzene rings is 2. The lowest BCUT2D eigenvalue weighted by Gasteiger charge is -2.37. The Labute approximate surface area is 182 Å². The highest BCUT2D eigenvalue weighted by Gasteiger charge is 2.29. The van der Waals surface area contributed by atoms with Crippen LogP contribution in [-0.2, 0) is 11.2 Å². The predicted molar refractivity (Wildman–Crippen MR) is 121 cm³/mol. The molecule has 158 valence electrons. The number of hydrogen-bond donors (Lipinski definition) is 1. The Hall–Kier alpha value is -3.67. The number of amides is 2. The van der Waals surface area contributed by atoms with Gasteiger partial charge in [0.05, 0.1) is 5.56 Å². The average molecular weight is 415 g/mol. The topological polar surface area (TPSA) is 65.5 Å². The molecule has 0 aliphatic carbocycles. The molecule has 0 unspecified atom stereocenters. The molecule has 6 nitrogen and oxygen atoms in total. The van der Waals surface area contributed by atoms with Crippen molar-refractivity contribution in [3.05, 3.63) is 96.3 Å². The number of piperazine rings is 1. The van der Waals surface area contributed by atoms with Crippen molar-refractivity contribution < 1.29 is 9.59 Å². The Balaban J connectivity index is 1.45. The number of pyridine rings is 1. The number of carbonyl (C=O) groups excluding carboxylic acids is 2. The maximum Gasteiger partial charge on any atom is 0.253 e. The van der Waals surface area contributed by atoms with E-state index in [0.29, 0.717) is 25.1 Å². The van der Waals surface area contributed by atoms with Crippen LogP contribution >= 0.6 is 0 Å². The van der Waals surface area contributed by atoms with Crippen LogP contribution in [0.25, 0.3) is 0 Å². The van der Waals surface area contributed by atoms with E-state index < -0.39 is 6.04 Å². The zero-order valence-electron chi connectivity index (χ0n) is 17.4. The minimum atomic E-state index is -0.626. The lowest BCUT2D eigenvalue weighted by Crippen LogP contribution is -2.55. The Morgan fingerprint density at radius 3 is 2.19 bits per heavy atom. The van der Waals surface area contributed by atoms with Gasteiger partial charge in [-0.25, -0.2) is 0 Å². The summed E-state index contributed by atoms with van der Waals surface area (Å²) in [6.07, 6.45) is 3.58. The molecule has 1 saturated heterocycles. The minimum Gasteiger partial charge on any atom is -0.368 e. The van der Waals surface area contributed by atoms with E-state index in [4.69, 9.17) is 0 Å².